The Morgan fingerprint density at radius 3 is 2.67 bits per heavy atom. The SMILES string of the molecule is O=C(Nc1ccc(I)c(Br)c1)c1cccc(F)c1. The Labute approximate surface area is 126 Å². The van der Waals surface area contributed by atoms with Crippen LogP contribution in [-0.2, 0) is 0 Å². The molecule has 5 heteroatoms. The molecular formula is C13H8BrFINO. The van der Waals surface area contributed by atoms with E-state index < -0.39 is 5.82 Å². The van der Waals surface area contributed by atoms with Gasteiger partial charge in [-0.05, 0) is 74.9 Å². The molecule has 0 aliphatic rings. The number of hydrogen-bond acceptors (Lipinski definition) is 1. The molecule has 0 spiro atoms. The molecule has 18 heavy (non-hydrogen) atoms. The van der Waals surface area contributed by atoms with Gasteiger partial charge < -0.3 is 5.32 Å². The Morgan fingerprint density at radius 2 is 2.00 bits per heavy atom. The van der Waals surface area contributed by atoms with Crippen molar-refractivity contribution in [1.29, 1.82) is 0 Å². The molecule has 2 nitrogen and oxygen atoms in total. The first-order chi connectivity index (χ1) is 8.56. The molecule has 2 aromatic carbocycles. The molecule has 0 saturated carbocycles. The number of anilines is 1. The third-order valence-corrected chi connectivity index (χ3v) is 4.60. The summed E-state index contributed by atoms with van der Waals surface area (Å²) in [6, 6.07) is 11.1. The first-order valence-corrected chi connectivity index (χ1v) is 6.95. The molecule has 0 heterocycles. The predicted molar refractivity (Wildman–Crippen MR) is 81.2 cm³/mol. The van der Waals surface area contributed by atoms with E-state index in [4.69, 9.17) is 0 Å². The van der Waals surface area contributed by atoms with Crippen LogP contribution in [0.3, 0.4) is 0 Å². The van der Waals surface area contributed by atoms with Crippen molar-refractivity contribution in [2.45, 2.75) is 0 Å². The largest absolute Gasteiger partial charge is 0.322 e. The second kappa shape index (κ2) is 5.79. The number of rotatable bonds is 2. The lowest BCUT2D eigenvalue weighted by Gasteiger charge is -2.06. The van der Waals surface area contributed by atoms with Gasteiger partial charge in [-0.2, -0.15) is 0 Å². The van der Waals surface area contributed by atoms with Crippen molar-refractivity contribution >= 4 is 50.1 Å². The monoisotopic (exact) mass is 419 g/mol. The summed E-state index contributed by atoms with van der Waals surface area (Å²) in [5.74, 6) is -0.756. The van der Waals surface area contributed by atoms with Crippen LogP contribution in [0.4, 0.5) is 10.1 Å². The number of hydrogen-bond donors (Lipinski definition) is 1. The summed E-state index contributed by atoms with van der Waals surface area (Å²) in [7, 11) is 0. The van der Waals surface area contributed by atoms with E-state index in [0.717, 1.165) is 8.04 Å². The van der Waals surface area contributed by atoms with Crippen LogP contribution in [0.5, 0.6) is 0 Å². The van der Waals surface area contributed by atoms with Crippen LogP contribution in [0.25, 0.3) is 0 Å². The molecule has 0 fully saturated rings. The lowest BCUT2D eigenvalue weighted by Crippen LogP contribution is -2.12. The maximum atomic E-state index is 13.0. The quantitative estimate of drug-likeness (QED) is 0.716. The van der Waals surface area contributed by atoms with Gasteiger partial charge in [0.05, 0.1) is 0 Å². The van der Waals surface area contributed by atoms with Gasteiger partial charge in [-0.15, -0.1) is 0 Å². The molecule has 2 rings (SSSR count). The van der Waals surface area contributed by atoms with Crippen LogP contribution < -0.4 is 5.32 Å². The van der Waals surface area contributed by atoms with Crippen molar-refractivity contribution in [3.8, 4) is 0 Å². The van der Waals surface area contributed by atoms with Crippen molar-refractivity contribution in [3.63, 3.8) is 0 Å². The van der Waals surface area contributed by atoms with E-state index in [9.17, 15) is 9.18 Å². The number of carbonyl (C=O) groups is 1. The molecule has 2 aromatic rings. The summed E-state index contributed by atoms with van der Waals surface area (Å²) in [5, 5.41) is 2.71. The lowest BCUT2D eigenvalue weighted by atomic mass is 10.2. The lowest BCUT2D eigenvalue weighted by molar-refractivity contribution is 0.102. The molecule has 0 bridgehead atoms. The van der Waals surface area contributed by atoms with Gasteiger partial charge in [0, 0.05) is 19.3 Å². The smallest absolute Gasteiger partial charge is 0.255 e. The van der Waals surface area contributed by atoms with Crippen molar-refractivity contribution in [3.05, 3.63) is 61.9 Å². The summed E-state index contributed by atoms with van der Waals surface area (Å²) in [5.41, 5.74) is 0.959. The molecule has 0 radical (unpaired) electrons. The van der Waals surface area contributed by atoms with Crippen LogP contribution in [0.2, 0.25) is 0 Å². The van der Waals surface area contributed by atoms with Crippen LogP contribution >= 0.6 is 38.5 Å². The predicted octanol–water partition coefficient (Wildman–Crippen LogP) is 4.45. The van der Waals surface area contributed by atoms with Gasteiger partial charge in [-0.25, -0.2) is 4.39 Å². The number of nitrogens with one attached hydrogen (secondary N) is 1. The van der Waals surface area contributed by atoms with Gasteiger partial charge in [-0.3, -0.25) is 4.79 Å². The average Bonchev–Trinajstić information content (AvgIpc) is 2.34. The van der Waals surface area contributed by atoms with Crippen LogP contribution in [0.15, 0.2) is 46.9 Å². The maximum absolute atomic E-state index is 13.0. The first kappa shape index (κ1) is 13.5. The normalized spacial score (nSPS) is 10.2. The van der Waals surface area contributed by atoms with E-state index in [-0.39, 0.29) is 5.91 Å². The number of carbonyl (C=O) groups excluding carboxylic acids is 1. The Bertz CT molecular complexity index is 603. The van der Waals surface area contributed by atoms with Gasteiger partial charge in [0.2, 0.25) is 0 Å². The molecule has 1 amide bonds. The average molecular weight is 420 g/mol. The van der Waals surface area contributed by atoms with Crippen molar-refractivity contribution < 1.29 is 9.18 Å². The van der Waals surface area contributed by atoms with Crippen molar-refractivity contribution in [2.24, 2.45) is 0 Å². The van der Waals surface area contributed by atoms with E-state index in [0.29, 0.717) is 11.3 Å². The fraction of sp³-hybridized carbons (Fsp3) is 0. The third kappa shape index (κ3) is 3.29. The van der Waals surface area contributed by atoms with E-state index in [1.165, 1.54) is 18.2 Å². The zero-order valence-electron chi connectivity index (χ0n) is 9.08. The molecule has 0 aromatic heterocycles. The minimum atomic E-state index is -0.425. The minimum absolute atomic E-state index is 0.296. The topological polar surface area (TPSA) is 29.1 Å². The molecule has 0 unspecified atom stereocenters. The van der Waals surface area contributed by atoms with Gasteiger partial charge in [-0.1, -0.05) is 6.07 Å². The van der Waals surface area contributed by atoms with E-state index >= 15 is 0 Å². The fourth-order valence-corrected chi connectivity index (χ4v) is 2.12. The standard InChI is InChI=1S/C13H8BrFINO/c14-11-7-10(4-5-12(11)16)17-13(18)8-2-1-3-9(15)6-8/h1-7H,(H,17,18). The molecule has 0 aliphatic carbocycles. The maximum Gasteiger partial charge on any atom is 0.255 e. The summed E-state index contributed by atoms with van der Waals surface area (Å²) in [4.78, 5) is 11.9. The van der Waals surface area contributed by atoms with E-state index in [1.807, 2.05) is 6.07 Å². The van der Waals surface area contributed by atoms with Crippen molar-refractivity contribution in [2.75, 3.05) is 5.32 Å². The third-order valence-electron chi connectivity index (χ3n) is 2.26. The van der Waals surface area contributed by atoms with Gasteiger partial charge >= 0.3 is 0 Å². The number of amides is 1. The van der Waals surface area contributed by atoms with Crippen LogP contribution in [-0.4, -0.2) is 5.91 Å². The second-order valence-electron chi connectivity index (χ2n) is 3.59. The molecular weight excluding hydrogens is 412 g/mol. The highest BCUT2D eigenvalue weighted by Gasteiger charge is 2.07. The number of halogens is 3. The zero-order valence-corrected chi connectivity index (χ0v) is 12.8. The minimum Gasteiger partial charge on any atom is -0.322 e. The fourth-order valence-electron chi connectivity index (χ4n) is 1.41. The summed E-state index contributed by atoms with van der Waals surface area (Å²) < 4.78 is 14.9. The number of benzene rings is 2. The Hall–Kier alpha value is -0.950. The van der Waals surface area contributed by atoms with Crippen LogP contribution in [0, 0.1) is 9.39 Å². The highest BCUT2D eigenvalue weighted by Crippen LogP contribution is 2.23. The summed E-state index contributed by atoms with van der Waals surface area (Å²) >= 11 is 5.57. The molecule has 92 valence electrons. The molecule has 0 aliphatic heterocycles. The first-order valence-electron chi connectivity index (χ1n) is 5.08. The van der Waals surface area contributed by atoms with Gasteiger partial charge in [0.15, 0.2) is 0 Å². The Kier molecular flexibility index (Phi) is 4.34. The highest BCUT2D eigenvalue weighted by atomic mass is 127. The Balaban J connectivity index is 2.18. The van der Waals surface area contributed by atoms with Crippen LogP contribution in [0.1, 0.15) is 10.4 Å². The zero-order chi connectivity index (χ0) is 13.1. The summed E-state index contributed by atoms with van der Waals surface area (Å²) in [6.07, 6.45) is 0. The van der Waals surface area contributed by atoms with E-state index in [2.05, 4.69) is 43.8 Å². The highest BCUT2D eigenvalue weighted by molar-refractivity contribution is 14.1. The van der Waals surface area contributed by atoms with Gasteiger partial charge in [0.25, 0.3) is 5.91 Å². The molecule has 1 N–H and O–H groups in total. The van der Waals surface area contributed by atoms with Gasteiger partial charge in [0.1, 0.15) is 5.82 Å². The second-order valence-corrected chi connectivity index (χ2v) is 5.61. The van der Waals surface area contributed by atoms with E-state index in [1.54, 1.807) is 18.2 Å². The summed E-state index contributed by atoms with van der Waals surface area (Å²) in [6.45, 7) is 0. The van der Waals surface area contributed by atoms with Crippen molar-refractivity contribution in [1.82, 2.24) is 0 Å². The Morgan fingerprint density at radius 1 is 1.22 bits per heavy atom. The molecule has 0 saturated heterocycles. The molecule has 0 atom stereocenters.